The molecule has 3 unspecified atom stereocenters. The maximum Gasteiger partial charge on any atom is 0.336 e. The van der Waals surface area contributed by atoms with Crippen molar-refractivity contribution in [2.75, 3.05) is 6.61 Å². The topological polar surface area (TPSA) is 91.4 Å². The van der Waals surface area contributed by atoms with E-state index in [1.165, 1.54) is 6.07 Å². The van der Waals surface area contributed by atoms with Gasteiger partial charge in [-0.25, -0.2) is 9.59 Å². The zero-order valence-electron chi connectivity index (χ0n) is 15.4. The molecule has 0 radical (unpaired) electrons. The summed E-state index contributed by atoms with van der Waals surface area (Å²) in [6, 6.07) is 6.54. The number of furan rings is 1. The number of hydrogen-bond acceptors (Lipinski definition) is 7. The number of rotatable bonds is 5. The van der Waals surface area contributed by atoms with E-state index >= 15 is 0 Å². The molecule has 0 saturated carbocycles. The van der Waals surface area contributed by atoms with Gasteiger partial charge < -0.3 is 23.0 Å². The van der Waals surface area contributed by atoms with Crippen LogP contribution in [0.25, 0.3) is 21.9 Å². The van der Waals surface area contributed by atoms with E-state index in [1.807, 2.05) is 19.1 Å². The Hall–Kier alpha value is -3.06. The van der Waals surface area contributed by atoms with Gasteiger partial charge in [-0.3, -0.25) is 0 Å². The van der Waals surface area contributed by atoms with Crippen LogP contribution in [0.3, 0.4) is 0 Å². The Morgan fingerprint density at radius 1 is 1.14 bits per heavy atom. The summed E-state index contributed by atoms with van der Waals surface area (Å²) in [5.74, 6) is 0.313. The minimum atomic E-state index is -0.433. The SMILES string of the molecule is CC1=CC(CC2(C)OC2COc2c3ccoc3cc3oc(=O)ccc23)OC1=O. The number of esters is 1. The lowest BCUT2D eigenvalue weighted by Gasteiger charge is -2.13. The average molecular weight is 382 g/mol. The van der Waals surface area contributed by atoms with Crippen molar-refractivity contribution in [2.24, 2.45) is 0 Å². The van der Waals surface area contributed by atoms with Gasteiger partial charge in [0.2, 0.25) is 0 Å². The molecule has 2 aliphatic heterocycles. The predicted molar refractivity (Wildman–Crippen MR) is 99.3 cm³/mol. The summed E-state index contributed by atoms with van der Waals surface area (Å²) < 4.78 is 28.0. The second-order valence-electron chi connectivity index (χ2n) is 7.43. The second kappa shape index (κ2) is 5.97. The number of fused-ring (bicyclic) bond motifs is 2. The van der Waals surface area contributed by atoms with Crippen LogP contribution < -0.4 is 10.4 Å². The molecule has 3 aromatic rings. The van der Waals surface area contributed by atoms with Crippen molar-refractivity contribution in [2.45, 2.75) is 38.1 Å². The molecule has 4 heterocycles. The van der Waals surface area contributed by atoms with Gasteiger partial charge in [0.25, 0.3) is 0 Å². The summed E-state index contributed by atoms with van der Waals surface area (Å²) in [6.45, 7) is 4.04. The highest BCUT2D eigenvalue weighted by atomic mass is 16.6. The van der Waals surface area contributed by atoms with Crippen molar-refractivity contribution in [3.05, 3.63) is 52.6 Å². The minimum Gasteiger partial charge on any atom is -0.489 e. The van der Waals surface area contributed by atoms with Crippen LogP contribution in [-0.2, 0) is 14.3 Å². The summed E-state index contributed by atoms with van der Waals surface area (Å²) in [6.07, 6.45) is 3.57. The van der Waals surface area contributed by atoms with Crippen LogP contribution in [0, 0.1) is 0 Å². The molecular formula is C21H18O7. The zero-order chi connectivity index (χ0) is 19.5. The Balaban J connectivity index is 1.36. The molecule has 3 atom stereocenters. The van der Waals surface area contributed by atoms with Gasteiger partial charge in [0.1, 0.15) is 35.7 Å². The fourth-order valence-corrected chi connectivity index (χ4v) is 3.72. The molecule has 0 spiro atoms. The van der Waals surface area contributed by atoms with Crippen molar-refractivity contribution >= 4 is 27.9 Å². The highest BCUT2D eigenvalue weighted by Gasteiger charge is 2.54. The number of epoxide rings is 1. The zero-order valence-corrected chi connectivity index (χ0v) is 15.4. The summed E-state index contributed by atoms with van der Waals surface area (Å²) in [5, 5.41) is 1.49. The molecule has 0 amide bonds. The third kappa shape index (κ3) is 2.79. The first-order chi connectivity index (χ1) is 13.4. The van der Waals surface area contributed by atoms with Crippen LogP contribution in [0.4, 0.5) is 0 Å². The number of carbonyl (C=O) groups excluding carboxylic acids is 1. The van der Waals surface area contributed by atoms with Crippen LogP contribution in [0.1, 0.15) is 20.3 Å². The molecule has 1 fully saturated rings. The van der Waals surface area contributed by atoms with Gasteiger partial charge in [0.05, 0.1) is 22.6 Å². The number of hydrogen-bond donors (Lipinski definition) is 0. The van der Waals surface area contributed by atoms with E-state index in [-0.39, 0.29) is 18.2 Å². The predicted octanol–water partition coefficient (Wildman–Crippen LogP) is 3.34. The van der Waals surface area contributed by atoms with E-state index < -0.39 is 11.2 Å². The van der Waals surface area contributed by atoms with E-state index in [2.05, 4.69) is 0 Å². The summed E-state index contributed by atoms with van der Waals surface area (Å²) in [5.41, 5.74) is 0.759. The molecule has 7 nitrogen and oxygen atoms in total. The molecule has 0 N–H and O–H groups in total. The third-order valence-corrected chi connectivity index (χ3v) is 5.35. The molecule has 7 heteroatoms. The first-order valence-corrected chi connectivity index (χ1v) is 9.07. The van der Waals surface area contributed by atoms with E-state index in [1.54, 1.807) is 25.3 Å². The Morgan fingerprint density at radius 2 is 1.96 bits per heavy atom. The van der Waals surface area contributed by atoms with Gasteiger partial charge in [0, 0.05) is 24.1 Å². The first kappa shape index (κ1) is 17.1. The molecule has 2 aromatic heterocycles. The van der Waals surface area contributed by atoms with Crippen molar-refractivity contribution < 1.29 is 27.8 Å². The molecule has 1 saturated heterocycles. The number of benzene rings is 1. The Labute approximate surface area is 159 Å². The van der Waals surface area contributed by atoms with Crippen molar-refractivity contribution in [1.29, 1.82) is 0 Å². The number of ether oxygens (including phenoxy) is 3. The van der Waals surface area contributed by atoms with Crippen LogP contribution in [0.15, 0.2) is 55.8 Å². The highest BCUT2D eigenvalue weighted by Crippen LogP contribution is 2.43. The monoisotopic (exact) mass is 382 g/mol. The van der Waals surface area contributed by atoms with Gasteiger partial charge in [-0.2, -0.15) is 0 Å². The molecule has 1 aromatic carbocycles. The van der Waals surface area contributed by atoms with Crippen molar-refractivity contribution in [1.82, 2.24) is 0 Å². The van der Waals surface area contributed by atoms with E-state index in [0.717, 1.165) is 5.39 Å². The Bertz CT molecular complexity index is 1180. The van der Waals surface area contributed by atoms with Gasteiger partial charge in [0.15, 0.2) is 0 Å². The smallest absolute Gasteiger partial charge is 0.336 e. The summed E-state index contributed by atoms with van der Waals surface area (Å²) in [7, 11) is 0. The van der Waals surface area contributed by atoms with Gasteiger partial charge in [-0.1, -0.05) is 0 Å². The maximum absolute atomic E-state index is 11.5. The second-order valence-corrected chi connectivity index (χ2v) is 7.43. The fraction of sp³-hybridized carbons (Fsp3) is 0.333. The van der Waals surface area contributed by atoms with Crippen LogP contribution in [-0.4, -0.2) is 30.4 Å². The quantitative estimate of drug-likeness (QED) is 0.380. The molecule has 5 rings (SSSR count). The van der Waals surface area contributed by atoms with Crippen LogP contribution in [0.5, 0.6) is 5.75 Å². The third-order valence-electron chi connectivity index (χ3n) is 5.35. The van der Waals surface area contributed by atoms with E-state index in [4.69, 9.17) is 23.0 Å². The highest BCUT2D eigenvalue weighted by molar-refractivity contribution is 6.01. The Morgan fingerprint density at radius 3 is 2.75 bits per heavy atom. The molecular weight excluding hydrogens is 364 g/mol. The number of carbonyl (C=O) groups is 1. The van der Waals surface area contributed by atoms with E-state index in [9.17, 15) is 9.59 Å². The standard InChI is InChI=1S/C21H18O7/c1-11-7-12(26-20(11)23)9-21(2)17(28-21)10-25-19-13-3-4-18(22)27-16(13)8-15-14(19)5-6-24-15/h3-8,12,17H,9-10H2,1-2H3. The largest absolute Gasteiger partial charge is 0.489 e. The van der Waals surface area contributed by atoms with Crippen LogP contribution in [0.2, 0.25) is 0 Å². The summed E-state index contributed by atoms with van der Waals surface area (Å²) in [4.78, 5) is 23.1. The van der Waals surface area contributed by atoms with Gasteiger partial charge in [-0.15, -0.1) is 0 Å². The lowest BCUT2D eigenvalue weighted by molar-refractivity contribution is -0.140. The fourth-order valence-electron chi connectivity index (χ4n) is 3.72. The van der Waals surface area contributed by atoms with Crippen LogP contribution >= 0.6 is 0 Å². The Kier molecular flexibility index (Phi) is 3.64. The van der Waals surface area contributed by atoms with Crippen molar-refractivity contribution in [3.8, 4) is 5.75 Å². The van der Waals surface area contributed by atoms with Gasteiger partial charge in [-0.05, 0) is 32.1 Å². The molecule has 144 valence electrons. The molecule has 2 aliphatic rings. The van der Waals surface area contributed by atoms with Crippen molar-refractivity contribution in [3.63, 3.8) is 0 Å². The van der Waals surface area contributed by atoms with E-state index in [0.29, 0.717) is 40.9 Å². The molecule has 0 bridgehead atoms. The summed E-state index contributed by atoms with van der Waals surface area (Å²) >= 11 is 0. The lowest BCUT2D eigenvalue weighted by Crippen LogP contribution is -2.22. The average Bonchev–Trinajstić information content (AvgIpc) is 2.94. The normalized spacial score (nSPS) is 26.5. The molecule has 0 aliphatic carbocycles. The van der Waals surface area contributed by atoms with Gasteiger partial charge >= 0.3 is 11.6 Å². The number of cyclic esters (lactones) is 1. The first-order valence-electron chi connectivity index (χ1n) is 9.07. The molecule has 28 heavy (non-hydrogen) atoms. The minimum absolute atomic E-state index is 0.131. The lowest BCUT2D eigenvalue weighted by atomic mass is 9.99. The maximum atomic E-state index is 11.5.